The lowest BCUT2D eigenvalue weighted by Crippen LogP contribution is -2.20. The summed E-state index contributed by atoms with van der Waals surface area (Å²) in [4.78, 5) is 29.7. The van der Waals surface area contributed by atoms with E-state index in [9.17, 15) is 22.8 Å². The topological polar surface area (TPSA) is 89.2 Å². The van der Waals surface area contributed by atoms with E-state index in [0.717, 1.165) is 0 Å². The van der Waals surface area contributed by atoms with Gasteiger partial charge in [-0.1, -0.05) is 33.9 Å². The first-order valence-corrected chi connectivity index (χ1v) is 11.9. The minimum Gasteiger partial charge on any atom is -0.320 e. The third kappa shape index (κ3) is 5.60. The molecule has 0 aliphatic heterocycles. The molecule has 2 heterocycles. The first-order valence-electron chi connectivity index (χ1n) is 9.12. The van der Waals surface area contributed by atoms with Crippen molar-refractivity contribution in [2.24, 2.45) is 4.36 Å². The molecule has 174 valence electrons. The summed E-state index contributed by atoms with van der Waals surface area (Å²) in [6, 6.07) is 6.28. The zero-order chi connectivity index (χ0) is 24.5. The molecule has 1 aromatic carbocycles. The van der Waals surface area contributed by atoms with Crippen LogP contribution in [0.2, 0.25) is 10.0 Å². The van der Waals surface area contributed by atoms with Crippen molar-refractivity contribution >= 4 is 51.4 Å². The monoisotopic (exact) mass is 517 g/mol. The Bertz CT molecular complexity index is 1290. The molecule has 0 spiro atoms. The molecule has 0 aliphatic carbocycles. The van der Waals surface area contributed by atoms with Crippen LogP contribution >= 0.6 is 23.2 Å². The van der Waals surface area contributed by atoms with Crippen LogP contribution in [0.3, 0.4) is 0 Å². The second-order valence-corrected chi connectivity index (χ2v) is 9.48. The Morgan fingerprint density at radius 1 is 1.18 bits per heavy atom. The molecule has 2 amide bonds. The highest BCUT2D eigenvalue weighted by atomic mass is 35.5. The zero-order valence-corrected chi connectivity index (χ0v) is 19.7. The summed E-state index contributed by atoms with van der Waals surface area (Å²) < 4.78 is 44.7. The highest BCUT2D eigenvalue weighted by molar-refractivity contribution is 7.86. The standard InChI is InChI=1S/C20H16Cl2F3N5O2S/c1-10-7-11(21)8-12(18(31)29-33(2)3)16(10)27-19(32)14-9-15(20(23,24)25)28-30(14)17-13(22)5-4-6-26-17/h4-9H,1-3H3,(H,27,32). The number of hydrogen-bond donors (Lipinski definition) is 1. The van der Waals surface area contributed by atoms with Gasteiger partial charge in [-0.3, -0.25) is 9.59 Å². The fourth-order valence-corrected chi connectivity index (χ4v) is 3.75. The van der Waals surface area contributed by atoms with E-state index in [-0.39, 0.29) is 27.1 Å². The number of carbonyl (C=O) groups is 2. The molecule has 0 bridgehead atoms. The molecule has 2 aromatic heterocycles. The van der Waals surface area contributed by atoms with Gasteiger partial charge in [-0.15, -0.1) is 0 Å². The lowest BCUT2D eigenvalue weighted by Gasteiger charge is -2.14. The summed E-state index contributed by atoms with van der Waals surface area (Å²) in [5.41, 5.74) is -1.31. The second kappa shape index (κ2) is 9.62. The Balaban J connectivity index is 2.13. The van der Waals surface area contributed by atoms with Gasteiger partial charge in [-0.25, -0.2) is 9.67 Å². The van der Waals surface area contributed by atoms with Crippen molar-refractivity contribution in [2.75, 3.05) is 17.8 Å². The Hall–Kier alpha value is -2.76. The third-order valence-corrected chi connectivity index (χ3v) is 5.25. The van der Waals surface area contributed by atoms with Crippen molar-refractivity contribution in [3.05, 3.63) is 69.1 Å². The van der Waals surface area contributed by atoms with Crippen LogP contribution in [0.4, 0.5) is 18.9 Å². The molecule has 7 nitrogen and oxygen atoms in total. The molecule has 3 rings (SSSR count). The van der Waals surface area contributed by atoms with Crippen LogP contribution < -0.4 is 5.32 Å². The number of hydrogen-bond acceptors (Lipinski definition) is 4. The predicted octanol–water partition coefficient (Wildman–Crippen LogP) is 5.36. The van der Waals surface area contributed by atoms with Gasteiger partial charge < -0.3 is 5.32 Å². The molecule has 1 N–H and O–H groups in total. The zero-order valence-electron chi connectivity index (χ0n) is 17.4. The summed E-state index contributed by atoms with van der Waals surface area (Å²) in [5.74, 6) is -1.76. The number of nitrogens with one attached hydrogen (secondary N) is 1. The summed E-state index contributed by atoms with van der Waals surface area (Å²) in [5, 5.41) is 6.21. The predicted molar refractivity (Wildman–Crippen MR) is 121 cm³/mol. The highest BCUT2D eigenvalue weighted by Crippen LogP contribution is 2.32. The average molecular weight is 518 g/mol. The fourth-order valence-electron chi connectivity index (χ4n) is 2.85. The van der Waals surface area contributed by atoms with Crippen LogP contribution in [-0.2, 0) is 16.9 Å². The maximum Gasteiger partial charge on any atom is 0.435 e. The van der Waals surface area contributed by atoms with Crippen LogP contribution in [0, 0.1) is 6.92 Å². The maximum atomic E-state index is 13.4. The number of rotatable bonds is 4. The van der Waals surface area contributed by atoms with Crippen LogP contribution in [0.1, 0.15) is 32.1 Å². The van der Waals surface area contributed by atoms with Crippen LogP contribution in [0.5, 0.6) is 0 Å². The molecule has 0 radical (unpaired) electrons. The highest BCUT2D eigenvalue weighted by Gasteiger charge is 2.36. The first-order chi connectivity index (χ1) is 15.4. The van der Waals surface area contributed by atoms with E-state index in [4.69, 9.17) is 23.2 Å². The number of benzene rings is 1. The second-order valence-electron chi connectivity index (χ2n) is 6.90. The van der Waals surface area contributed by atoms with E-state index in [1.54, 1.807) is 19.4 Å². The van der Waals surface area contributed by atoms with E-state index in [2.05, 4.69) is 19.8 Å². The molecule has 0 saturated heterocycles. The van der Waals surface area contributed by atoms with Crippen molar-refractivity contribution in [2.45, 2.75) is 13.1 Å². The molecular weight excluding hydrogens is 502 g/mol. The van der Waals surface area contributed by atoms with Crippen molar-refractivity contribution in [3.63, 3.8) is 0 Å². The Morgan fingerprint density at radius 2 is 1.88 bits per heavy atom. The lowest BCUT2D eigenvalue weighted by molar-refractivity contribution is -0.141. The van der Waals surface area contributed by atoms with Gasteiger partial charge in [0, 0.05) is 17.3 Å². The largest absolute Gasteiger partial charge is 0.435 e. The SMILES string of the molecule is Cc1cc(Cl)cc(C(=O)N=S(C)C)c1NC(=O)c1cc(C(F)(F)F)nn1-c1ncccc1Cl. The van der Waals surface area contributed by atoms with Crippen molar-refractivity contribution < 1.29 is 22.8 Å². The molecule has 0 aliphatic rings. The number of aromatic nitrogens is 3. The molecule has 3 aromatic rings. The van der Waals surface area contributed by atoms with E-state index in [0.29, 0.717) is 16.3 Å². The number of carbonyl (C=O) groups excluding carboxylic acids is 2. The number of alkyl halides is 3. The molecule has 0 atom stereocenters. The van der Waals surface area contributed by atoms with Crippen molar-refractivity contribution in [1.82, 2.24) is 14.8 Å². The van der Waals surface area contributed by atoms with E-state index in [1.165, 1.54) is 30.5 Å². The minimum atomic E-state index is -4.82. The number of amides is 2. The van der Waals surface area contributed by atoms with Crippen molar-refractivity contribution in [1.29, 1.82) is 0 Å². The number of nitrogens with zero attached hydrogens (tertiary/aromatic N) is 4. The number of halogens is 5. The molecule has 0 unspecified atom stereocenters. The first kappa shape index (κ1) is 24.9. The van der Waals surface area contributed by atoms with E-state index >= 15 is 0 Å². The molecule has 13 heteroatoms. The summed E-state index contributed by atoms with van der Waals surface area (Å²) >= 11 is 12.1. The van der Waals surface area contributed by atoms with E-state index < -0.39 is 40.1 Å². The van der Waals surface area contributed by atoms with Crippen LogP contribution in [0.25, 0.3) is 5.82 Å². The molecule has 0 saturated carbocycles. The van der Waals surface area contributed by atoms with Gasteiger partial charge in [0.15, 0.2) is 11.5 Å². The number of pyridine rings is 1. The number of aryl methyl sites for hydroxylation is 1. The third-order valence-electron chi connectivity index (χ3n) is 4.21. The van der Waals surface area contributed by atoms with Crippen LogP contribution in [-0.4, -0.2) is 39.1 Å². The molecule has 33 heavy (non-hydrogen) atoms. The Kier molecular flexibility index (Phi) is 7.25. The maximum absolute atomic E-state index is 13.4. The molecular formula is C20H16Cl2F3N5O2S. The average Bonchev–Trinajstić information content (AvgIpc) is 3.15. The van der Waals surface area contributed by atoms with Gasteiger partial charge in [-0.05, 0) is 49.3 Å². The smallest absolute Gasteiger partial charge is 0.320 e. The Morgan fingerprint density at radius 3 is 2.48 bits per heavy atom. The van der Waals surface area contributed by atoms with Crippen molar-refractivity contribution in [3.8, 4) is 5.82 Å². The minimum absolute atomic E-state index is 0.00697. The van der Waals surface area contributed by atoms with Crippen LogP contribution in [0.15, 0.2) is 40.9 Å². The van der Waals surface area contributed by atoms with Gasteiger partial charge in [0.05, 0.1) is 16.3 Å². The number of anilines is 1. The van der Waals surface area contributed by atoms with Gasteiger partial charge in [0.2, 0.25) is 0 Å². The van der Waals surface area contributed by atoms with Gasteiger partial charge in [0.25, 0.3) is 11.8 Å². The van der Waals surface area contributed by atoms with Gasteiger partial charge >= 0.3 is 6.18 Å². The summed E-state index contributed by atoms with van der Waals surface area (Å²) in [6.45, 7) is 1.59. The quantitative estimate of drug-likeness (QED) is 0.504. The van der Waals surface area contributed by atoms with Gasteiger partial charge in [0.1, 0.15) is 5.69 Å². The van der Waals surface area contributed by atoms with E-state index in [1.807, 2.05) is 0 Å². The summed E-state index contributed by atoms with van der Waals surface area (Å²) in [7, 11) is -0.597. The lowest BCUT2D eigenvalue weighted by atomic mass is 10.1. The Labute approximate surface area is 199 Å². The van der Waals surface area contributed by atoms with Gasteiger partial charge in [-0.2, -0.15) is 22.6 Å². The normalized spacial score (nSPS) is 11.5. The molecule has 0 fully saturated rings. The fraction of sp³-hybridized carbons (Fsp3) is 0.200. The summed E-state index contributed by atoms with van der Waals surface area (Å²) in [6.07, 6.45) is -0.0785.